The Hall–Kier alpha value is -3.17. The van der Waals surface area contributed by atoms with E-state index in [1.807, 2.05) is 41.3 Å². The van der Waals surface area contributed by atoms with Gasteiger partial charge in [-0.15, -0.1) is 0 Å². The van der Waals surface area contributed by atoms with Crippen LogP contribution in [-0.4, -0.2) is 41.2 Å². The van der Waals surface area contributed by atoms with Crippen LogP contribution in [-0.2, 0) is 4.79 Å². The van der Waals surface area contributed by atoms with Crippen LogP contribution in [0.4, 0.5) is 5.82 Å². The van der Waals surface area contributed by atoms with E-state index < -0.39 is 6.10 Å². The lowest BCUT2D eigenvalue weighted by molar-refractivity contribution is -0.117. The molecule has 2 N–H and O–H groups in total. The standard InChI is InChI=1S/C20H20N4O2/c21-12-16-7-4-8-19(22-16)24-13-17(11-18(25)14-24)23-20(26)10-9-15-5-2-1-3-6-15/h1-10,17-18,25H,11,13-14H2,(H,23,26)/t17-,18+/m0/s1. The number of carbonyl (C=O) groups is 1. The minimum absolute atomic E-state index is 0.195. The summed E-state index contributed by atoms with van der Waals surface area (Å²) in [5.41, 5.74) is 1.28. The van der Waals surface area contributed by atoms with Crippen molar-refractivity contribution in [3.63, 3.8) is 0 Å². The third kappa shape index (κ3) is 4.68. The largest absolute Gasteiger partial charge is 0.391 e. The van der Waals surface area contributed by atoms with Gasteiger partial charge in [0.1, 0.15) is 17.6 Å². The van der Waals surface area contributed by atoms with E-state index in [0.29, 0.717) is 31.0 Å². The van der Waals surface area contributed by atoms with E-state index in [0.717, 1.165) is 5.56 Å². The summed E-state index contributed by atoms with van der Waals surface area (Å²) in [4.78, 5) is 18.3. The van der Waals surface area contributed by atoms with Crippen molar-refractivity contribution < 1.29 is 9.90 Å². The number of nitriles is 1. The summed E-state index contributed by atoms with van der Waals surface area (Å²) in [6.45, 7) is 0.956. The van der Waals surface area contributed by atoms with Gasteiger partial charge in [-0.1, -0.05) is 36.4 Å². The number of benzene rings is 1. The SMILES string of the molecule is N#Cc1cccc(N2C[C@H](O)C[C@H](NC(=O)C=Cc3ccccc3)C2)n1. The van der Waals surface area contributed by atoms with Gasteiger partial charge in [0.15, 0.2) is 0 Å². The van der Waals surface area contributed by atoms with Crippen molar-refractivity contribution in [1.29, 1.82) is 5.26 Å². The highest BCUT2D eigenvalue weighted by atomic mass is 16.3. The Balaban J connectivity index is 1.63. The first kappa shape index (κ1) is 17.6. The minimum atomic E-state index is -0.570. The summed E-state index contributed by atoms with van der Waals surface area (Å²) in [6, 6.07) is 16.6. The molecule has 26 heavy (non-hydrogen) atoms. The number of hydrogen-bond acceptors (Lipinski definition) is 5. The molecule has 1 fully saturated rings. The van der Waals surface area contributed by atoms with Crippen LogP contribution in [0.2, 0.25) is 0 Å². The van der Waals surface area contributed by atoms with Gasteiger partial charge >= 0.3 is 0 Å². The van der Waals surface area contributed by atoms with Crippen LogP contribution < -0.4 is 10.2 Å². The van der Waals surface area contributed by atoms with Crippen LogP contribution in [0.5, 0.6) is 0 Å². The lowest BCUT2D eigenvalue weighted by Crippen LogP contribution is -2.52. The van der Waals surface area contributed by atoms with E-state index >= 15 is 0 Å². The predicted molar refractivity (Wildman–Crippen MR) is 99.2 cm³/mol. The number of amides is 1. The molecule has 0 saturated carbocycles. The van der Waals surface area contributed by atoms with Gasteiger partial charge in [-0.05, 0) is 30.2 Å². The number of nitrogens with one attached hydrogen (secondary N) is 1. The number of nitrogens with zero attached hydrogens (tertiary/aromatic N) is 3. The number of aliphatic hydroxyl groups excluding tert-OH is 1. The number of piperidine rings is 1. The molecule has 1 saturated heterocycles. The van der Waals surface area contributed by atoms with E-state index in [1.165, 1.54) is 6.08 Å². The average Bonchev–Trinajstić information content (AvgIpc) is 2.67. The van der Waals surface area contributed by atoms with Crippen molar-refractivity contribution in [2.45, 2.75) is 18.6 Å². The second kappa shape index (κ2) is 8.28. The first-order valence-corrected chi connectivity index (χ1v) is 8.48. The predicted octanol–water partition coefficient (Wildman–Crippen LogP) is 1.72. The number of aromatic nitrogens is 1. The number of rotatable bonds is 4. The fourth-order valence-electron chi connectivity index (χ4n) is 3.01. The Morgan fingerprint density at radius 2 is 2.04 bits per heavy atom. The molecule has 1 aromatic heterocycles. The van der Waals surface area contributed by atoms with Crippen molar-refractivity contribution >= 4 is 17.8 Å². The Bertz CT molecular complexity index is 829. The number of carbonyl (C=O) groups excluding carboxylic acids is 1. The van der Waals surface area contributed by atoms with Crippen molar-refractivity contribution in [1.82, 2.24) is 10.3 Å². The number of β-amino-alcohol motifs (C(OH)–C–C–N with tert-alkyl or cyclic N) is 1. The third-order valence-corrected chi connectivity index (χ3v) is 4.17. The van der Waals surface area contributed by atoms with Gasteiger partial charge in [-0.25, -0.2) is 4.98 Å². The first-order chi connectivity index (χ1) is 12.6. The van der Waals surface area contributed by atoms with E-state index in [-0.39, 0.29) is 11.9 Å². The minimum Gasteiger partial charge on any atom is -0.391 e. The lowest BCUT2D eigenvalue weighted by atomic mass is 10.0. The second-order valence-corrected chi connectivity index (χ2v) is 6.24. The number of hydrogen-bond donors (Lipinski definition) is 2. The van der Waals surface area contributed by atoms with Crippen LogP contribution in [0, 0.1) is 11.3 Å². The molecule has 0 aliphatic carbocycles. The Morgan fingerprint density at radius 3 is 2.81 bits per heavy atom. The van der Waals surface area contributed by atoms with Crippen molar-refractivity contribution in [2.75, 3.05) is 18.0 Å². The molecule has 132 valence electrons. The molecular formula is C20H20N4O2. The fraction of sp³-hybridized carbons (Fsp3) is 0.250. The summed E-state index contributed by atoms with van der Waals surface area (Å²) < 4.78 is 0. The molecule has 0 radical (unpaired) electrons. The van der Waals surface area contributed by atoms with Gasteiger partial charge in [0.2, 0.25) is 5.91 Å². The normalized spacial score (nSPS) is 19.9. The van der Waals surface area contributed by atoms with Crippen molar-refractivity contribution in [3.05, 3.63) is 65.9 Å². The summed E-state index contributed by atoms with van der Waals surface area (Å²) in [5, 5.41) is 22.1. The zero-order valence-electron chi connectivity index (χ0n) is 14.2. The molecule has 2 aromatic rings. The van der Waals surface area contributed by atoms with Crippen LogP contribution in [0.3, 0.4) is 0 Å². The number of aliphatic hydroxyl groups is 1. The van der Waals surface area contributed by atoms with Crippen LogP contribution in [0.15, 0.2) is 54.6 Å². The Labute approximate surface area is 152 Å². The molecule has 1 aliphatic rings. The van der Waals surface area contributed by atoms with Crippen molar-refractivity contribution in [3.8, 4) is 6.07 Å². The maximum atomic E-state index is 12.2. The molecule has 1 amide bonds. The number of anilines is 1. The van der Waals surface area contributed by atoms with Crippen molar-refractivity contribution in [2.24, 2.45) is 0 Å². The summed E-state index contributed by atoms with van der Waals surface area (Å²) in [7, 11) is 0. The molecule has 2 heterocycles. The zero-order valence-corrected chi connectivity index (χ0v) is 14.2. The maximum Gasteiger partial charge on any atom is 0.244 e. The van der Waals surface area contributed by atoms with Crippen LogP contribution in [0.1, 0.15) is 17.7 Å². The molecule has 1 aromatic carbocycles. The maximum absolute atomic E-state index is 12.2. The van der Waals surface area contributed by atoms with Crippen LogP contribution >= 0.6 is 0 Å². The molecular weight excluding hydrogens is 328 g/mol. The smallest absolute Gasteiger partial charge is 0.244 e. The van der Waals surface area contributed by atoms with Gasteiger partial charge in [-0.3, -0.25) is 4.79 Å². The molecule has 0 spiro atoms. The molecule has 0 unspecified atom stereocenters. The Kier molecular flexibility index (Phi) is 5.62. The quantitative estimate of drug-likeness (QED) is 0.821. The molecule has 1 aliphatic heterocycles. The molecule has 3 rings (SSSR count). The Morgan fingerprint density at radius 1 is 1.23 bits per heavy atom. The molecule has 0 bridgehead atoms. The highest BCUT2D eigenvalue weighted by Gasteiger charge is 2.27. The highest BCUT2D eigenvalue weighted by molar-refractivity contribution is 5.91. The van der Waals surface area contributed by atoms with E-state index in [9.17, 15) is 9.90 Å². The van der Waals surface area contributed by atoms with Gasteiger partial charge in [0.05, 0.1) is 6.10 Å². The fourth-order valence-corrected chi connectivity index (χ4v) is 3.01. The molecule has 2 atom stereocenters. The summed E-state index contributed by atoms with van der Waals surface area (Å²) in [6.07, 6.45) is 3.17. The summed E-state index contributed by atoms with van der Waals surface area (Å²) in [5.74, 6) is 0.425. The van der Waals surface area contributed by atoms with E-state index in [1.54, 1.807) is 24.3 Å². The first-order valence-electron chi connectivity index (χ1n) is 8.48. The van der Waals surface area contributed by atoms with E-state index in [2.05, 4.69) is 10.3 Å². The van der Waals surface area contributed by atoms with Gasteiger partial charge < -0.3 is 15.3 Å². The molecule has 6 nitrogen and oxygen atoms in total. The monoisotopic (exact) mass is 348 g/mol. The van der Waals surface area contributed by atoms with Gasteiger partial charge in [0, 0.05) is 25.2 Å². The number of pyridine rings is 1. The summed E-state index contributed by atoms with van der Waals surface area (Å²) >= 11 is 0. The highest BCUT2D eigenvalue weighted by Crippen LogP contribution is 2.18. The third-order valence-electron chi connectivity index (χ3n) is 4.17. The van der Waals surface area contributed by atoms with E-state index in [4.69, 9.17) is 5.26 Å². The topological polar surface area (TPSA) is 89.3 Å². The second-order valence-electron chi connectivity index (χ2n) is 6.24. The average molecular weight is 348 g/mol. The zero-order chi connectivity index (χ0) is 18.4. The molecule has 6 heteroatoms. The van der Waals surface area contributed by atoms with Gasteiger partial charge in [-0.2, -0.15) is 5.26 Å². The van der Waals surface area contributed by atoms with Gasteiger partial charge in [0.25, 0.3) is 0 Å². The van der Waals surface area contributed by atoms with Crippen LogP contribution in [0.25, 0.3) is 6.08 Å². The lowest BCUT2D eigenvalue weighted by Gasteiger charge is -2.36.